The molecule has 0 bridgehead atoms. The minimum absolute atomic E-state index is 0.544. The van der Waals surface area contributed by atoms with Gasteiger partial charge >= 0.3 is 0 Å². The predicted octanol–water partition coefficient (Wildman–Crippen LogP) is 8.03. The minimum atomic E-state index is 0.544. The number of methoxy groups -OCH3 is 1. The fourth-order valence-corrected chi connectivity index (χ4v) is 5.99. The van der Waals surface area contributed by atoms with E-state index in [1.54, 1.807) is 18.4 Å². The first kappa shape index (κ1) is 22.3. The summed E-state index contributed by atoms with van der Waals surface area (Å²) in [4.78, 5) is 7.02. The fraction of sp³-hybridized carbons (Fsp3) is 0.375. The molecule has 1 aromatic heterocycles. The lowest BCUT2D eigenvalue weighted by Gasteiger charge is -2.14. The summed E-state index contributed by atoms with van der Waals surface area (Å²) >= 11 is 9.52. The third-order valence-electron chi connectivity index (χ3n) is 5.55. The summed E-state index contributed by atoms with van der Waals surface area (Å²) < 4.78 is 8.93. The van der Waals surface area contributed by atoms with Gasteiger partial charge < -0.3 is 14.8 Å². The molecule has 4 rings (SSSR count). The number of para-hydroxylation sites is 1. The highest BCUT2D eigenvalue weighted by Gasteiger charge is 2.17. The molecule has 1 aliphatic rings. The van der Waals surface area contributed by atoms with Crippen molar-refractivity contribution in [3.63, 3.8) is 0 Å². The van der Waals surface area contributed by atoms with Crippen molar-refractivity contribution in [2.45, 2.75) is 56.4 Å². The second-order valence-electron chi connectivity index (χ2n) is 7.82. The van der Waals surface area contributed by atoms with Crippen LogP contribution in [0, 0.1) is 6.92 Å². The number of benzene rings is 2. The van der Waals surface area contributed by atoms with Crippen molar-refractivity contribution < 1.29 is 4.74 Å². The highest BCUT2D eigenvalue weighted by atomic mass is 35.5. The number of aromatic nitrogens is 1. The number of halogens is 1. The van der Waals surface area contributed by atoms with Gasteiger partial charge in [-0.15, -0.1) is 0 Å². The maximum atomic E-state index is 6.28. The molecule has 31 heavy (non-hydrogen) atoms. The van der Waals surface area contributed by atoms with Crippen molar-refractivity contribution in [1.82, 2.24) is 4.98 Å². The van der Waals surface area contributed by atoms with Gasteiger partial charge in [0.1, 0.15) is 5.75 Å². The molecule has 0 atom stereocenters. The first-order chi connectivity index (χ1) is 15.1. The van der Waals surface area contributed by atoms with Gasteiger partial charge in [-0.3, -0.25) is 0 Å². The Balaban J connectivity index is 1.53. The summed E-state index contributed by atoms with van der Waals surface area (Å²) in [7, 11) is 1.70. The molecule has 0 aliphatic heterocycles. The van der Waals surface area contributed by atoms with Gasteiger partial charge in [-0.25, -0.2) is 4.98 Å². The van der Waals surface area contributed by atoms with Crippen LogP contribution in [0.1, 0.15) is 44.2 Å². The van der Waals surface area contributed by atoms with Gasteiger partial charge in [0.05, 0.1) is 33.3 Å². The molecule has 3 aromatic rings. The molecular weight excluding hydrogens is 446 g/mol. The van der Waals surface area contributed by atoms with E-state index in [2.05, 4.69) is 29.1 Å². The van der Waals surface area contributed by atoms with Crippen LogP contribution in [0.5, 0.6) is 5.75 Å². The Morgan fingerprint density at radius 3 is 2.61 bits per heavy atom. The highest BCUT2D eigenvalue weighted by Crippen LogP contribution is 2.39. The van der Waals surface area contributed by atoms with Gasteiger partial charge in [-0.05, 0) is 67.6 Å². The third-order valence-corrected chi connectivity index (χ3v) is 7.88. The molecular formula is C24H28ClN3OS2. The maximum Gasteiger partial charge on any atom is 0.183 e. The van der Waals surface area contributed by atoms with E-state index in [-0.39, 0.29) is 0 Å². The number of aryl methyl sites for hydroxylation is 1. The lowest BCUT2D eigenvalue weighted by molar-refractivity contribution is 0.405. The molecule has 1 saturated carbocycles. The third kappa shape index (κ3) is 5.68. The fourth-order valence-electron chi connectivity index (χ4n) is 3.88. The Morgan fingerprint density at radius 2 is 1.87 bits per heavy atom. The topological polar surface area (TPSA) is 46.2 Å². The van der Waals surface area contributed by atoms with Crippen LogP contribution in [0.4, 0.5) is 10.8 Å². The Morgan fingerprint density at radius 1 is 1.10 bits per heavy atom. The van der Waals surface area contributed by atoms with E-state index in [0.717, 1.165) is 32.7 Å². The lowest BCUT2D eigenvalue weighted by atomic mass is 10.1. The van der Waals surface area contributed by atoms with Gasteiger partial charge in [0.25, 0.3) is 0 Å². The highest BCUT2D eigenvalue weighted by molar-refractivity contribution is 8.00. The van der Waals surface area contributed by atoms with Crippen molar-refractivity contribution in [2.75, 3.05) is 17.1 Å². The van der Waals surface area contributed by atoms with E-state index in [9.17, 15) is 0 Å². The number of anilines is 2. The van der Waals surface area contributed by atoms with Crippen molar-refractivity contribution in [2.24, 2.45) is 0 Å². The van der Waals surface area contributed by atoms with Crippen molar-refractivity contribution in [3.05, 3.63) is 53.2 Å². The smallest absolute Gasteiger partial charge is 0.183 e. The van der Waals surface area contributed by atoms with Gasteiger partial charge in [0.15, 0.2) is 5.13 Å². The predicted molar refractivity (Wildman–Crippen MR) is 135 cm³/mol. The first-order valence-electron chi connectivity index (χ1n) is 10.7. The zero-order valence-electron chi connectivity index (χ0n) is 17.9. The monoisotopic (exact) mass is 473 g/mol. The summed E-state index contributed by atoms with van der Waals surface area (Å²) in [6.45, 7) is 2.09. The molecule has 0 amide bonds. The molecule has 164 valence electrons. The number of ether oxygens (including phenoxy) is 1. The number of hydrogen-bond acceptors (Lipinski definition) is 6. The average Bonchev–Trinajstić information content (AvgIpc) is 2.96. The lowest BCUT2D eigenvalue weighted by Crippen LogP contribution is -2.17. The molecule has 4 nitrogen and oxygen atoms in total. The van der Waals surface area contributed by atoms with Crippen LogP contribution in [0.2, 0.25) is 5.02 Å². The number of nitrogens with zero attached hydrogens (tertiary/aromatic N) is 1. The number of nitrogens with one attached hydrogen (secondary N) is 2. The summed E-state index contributed by atoms with van der Waals surface area (Å²) in [6.07, 6.45) is 7.82. The summed E-state index contributed by atoms with van der Waals surface area (Å²) in [5, 5.41) is 5.41. The minimum Gasteiger partial charge on any atom is -0.496 e. The quantitative estimate of drug-likeness (QED) is 0.268. The summed E-state index contributed by atoms with van der Waals surface area (Å²) in [6, 6.07) is 14.5. The molecule has 1 aliphatic carbocycles. The van der Waals surface area contributed by atoms with E-state index < -0.39 is 0 Å². The second-order valence-corrected chi connectivity index (χ2v) is 10.1. The Kier molecular flexibility index (Phi) is 7.64. The first-order valence-corrected chi connectivity index (χ1v) is 12.7. The Hall–Kier alpha value is -1.89. The maximum absolute atomic E-state index is 6.28. The van der Waals surface area contributed by atoms with Crippen LogP contribution >= 0.6 is 34.9 Å². The van der Waals surface area contributed by atoms with Crippen LogP contribution in [-0.2, 0) is 0 Å². The molecule has 2 aromatic carbocycles. The molecule has 0 unspecified atom stereocenters. The molecule has 1 heterocycles. The normalized spacial score (nSPS) is 14.8. The second kappa shape index (κ2) is 10.6. The van der Waals surface area contributed by atoms with Crippen molar-refractivity contribution in [3.8, 4) is 16.2 Å². The summed E-state index contributed by atoms with van der Waals surface area (Å²) in [5.74, 6) is 0.826. The molecule has 0 spiro atoms. The molecule has 2 N–H and O–H groups in total. The van der Waals surface area contributed by atoms with Crippen LogP contribution in [0.25, 0.3) is 10.4 Å². The Bertz CT molecular complexity index is 1020. The van der Waals surface area contributed by atoms with E-state index in [0.29, 0.717) is 11.1 Å². The van der Waals surface area contributed by atoms with Gasteiger partial charge in [-0.2, -0.15) is 0 Å². The molecule has 0 radical (unpaired) electrons. The summed E-state index contributed by atoms with van der Waals surface area (Å²) in [5.41, 5.74) is 3.08. The van der Waals surface area contributed by atoms with Gasteiger partial charge in [0, 0.05) is 6.04 Å². The van der Waals surface area contributed by atoms with Crippen LogP contribution in [0.15, 0.2) is 47.4 Å². The number of hydrogen-bond donors (Lipinski definition) is 2. The van der Waals surface area contributed by atoms with Crippen LogP contribution < -0.4 is 14.8 Å². The van der Waals surface area contributed by atoms with Gasteiger partial charge in [0.2, 0.25) is 0 Å². The van der Waals surface area contributed by atoms with E-state index in [1.807, 2.05) is 30.3 Å². The SMILES string of the molecule is COc1ccc(-c2sc(NC3CCCCCC3)nc2C)cc1SNc1ccccc1Cl. The van der Waals surface area contributed by atoms with Crippen molar-refractivity contribution in [1.29, 1.82) is 0 Å². The zero-order valence-corrected chi connectivity index (χ0v) is 20.3. The molecule has 0 saturated heterocycles. The van der Waals surface area contributed by atoms with E-state index in [1.165, 1.54) is 55.3 Å². The van der Waals surface area contributed by atoms with Crippen molar-refractivity contribution >= 4 is 45.7 Å². The number of thiazole rings is 1. The molecule has 1 fully saturated rings. The Labute approximate surface area is 197 Å². The average molecular weight is 474 g/mol. The van der Waals surface area contributed by atoms with Crippen LogP contribution in [0.3, 0.4) is 0 Å². The van der Waals surface area contributed by atoms with Crippen LogP contribution in [-0.4, -0.2) is 18.1 Å². The zero-order chi connectivity index (χ0) is 21.6. The standard InChI is InChI=1S/C24H28ClN3OS2/c1-16-23(30-24(26-16)27-18-9-5-3-4-6-10-18)17-13-14-21(29-2)22(15-17)31-28-20-12-8-7-11-19(20)25/h7-8,11-15,18,28H,3-6,9-10H2,1-2H3,(H,26,27). The van der Waals surface area contributed by atoms with E-state index in [4.69, 9.17) is 21.3 Å². The molecule has 7 heteroatoms. The largest absolute Gasteiger partial charge is 0.496 e. The van der Waals surface area contributed by atoms with Gasteiger partial charge in [-0.1, -0.05) is 60.8 Å². The van der Waals surface area contributed by atoms with E-state index >= 15 is 0 Å². The number of rotatable bonds is 7.